The lowest BCUT2D eigenvalue weighted by atomic mass is 9.79. The Morgan fingerprint density at radius 1 is 0.818 bits per heavy atom. The summed E-state index contributed by atoms with van der Waals surface area (Å²) in [6, 6.07) is 16.9. The van der Waals surface area contributed by atoms with Crippen LogP contribution in [0.1, 0.15) is 43.2 Å². The fraction of sp³-hybridized carbons (Fsp3) is 0.400. The Balaban J connectivity index is 1.96. The second-order valence-electron chi connectivity index (χ2n) is 6.43. The summed E-state index contributed by atoms with van der Waals surface area (Å²) < 4.78 is 0. The minimum atomic E-state index is -0.524. The van der Waals surface area contributed by atoms with Gasteiger partial charge in [-0.15, -0.1) is 0 Å². The zero-order chi connectivity index (χ0) is 15.4. The van der Waals surface area contributed by atoms with Crippen LogP contribution in [0.4, 0.5) is 0 Å². The largest absolute Gasteiger partial charge is 0.390 e. The predicted molar refractivity (Wildman–Crippen MR) is 96.3 cm³/mol. The summed E-state index contributed by atoms with van der Waals surface area (Å²) in [4.78, 5) is 0. The Morgan fingerprint density at radius 2 is 1.36 bits per heavy atom. The molecule has 3 rings (SSSR count). The first-order valence-corrected chi connectivity index (χ1v) is 8.84. The van der Waals surface area contributed by atoms with E-state index in [1.54, 1.807) is 0 Å². The number of aliphatic hydroxyl groups is 1. The summed E-state index contributed by atoms with van der Waals surface area (Å²) in [7, 11) is 0. The van der Waals surface area contributed by atoms with Crippen LogP contribution < -0.4 is 0 Å². The van der Waals surface area contributed by atoms with Crippen molar-refractivity contribution in [2.24, 2.45) is 0 Å². The number of hydrogen-bond acceptors (Lipinski definition) is 2. The highest BCUT2D eigenvalue weighted by Crippen LogP contribution is 2.35. The second kappa shape index (κ2) is 6.89. The van der Waals surface area contributed by atoms with E-state index in [-0.39, 0.29) is 0 Å². The fourth-order valence-electron chi connectivity index (χ4n) is 3.60. The van der Waals surface area contributed by atoms with Crippen LogP contribution in [0.3, 0.4) is 0 Å². The highest BCUT2D eigenvalue weighted by Gasteiger charge is 2.30. The van der Waals surface area contributed by atoms with Gasteiger partial charge in [-0.2, -0.15) is 12.6 Å². The van der Waals surface area contributed by atoms with Gasteiger partial charge in [-0.25, -0.2) is 0 Å². The number of benzene rings is 2. The molecule has 1 fully saturated rings. The molecule has 1 saturated carbocycles. The molecule has 2 heteroatoms. The van der Waals surface area contributed by atoms with Crippen LogP contribution in [-0.2, 0) is 12.2 Å². The van der Waals surface area contributed by atoms with E-state index in [4.69, 9.17) is 0 Å². The minimum Gasteiger partial charge on any atom is -0.390 e. The molecule has 0 amide bonds. The third-order valence-electron chi connectivity index (χ3n) is 4.80. The summed E-state index contributed by atoms with van der Waals surface area (Å²) in [6.45, 7) is 0. The topological polar surface area (TPSA) is 20.2 Å². The van der Waals surface area contributed by atoms with E-state index >= 15 is 0 Å². The van der Waals surface area contributed by atoms with Crippen LogP contribution in [0.5, 0.6) is 0 Å². The van der Waals surface area contributed by atoms with E-state index in [1.165, 1.54) is 28.7 Å². The van der Waals surface area contributed by atoms with Crippen molar-refractivity contribution in [3.8, 4) is 11.1 Å². The molecule has 116 valence electrons. The number of rotatable bonds is 4. The van der Waals surface area contributed by atoms with Crippen LogP contribution in [0.15, 0.2) is 48.5 Å². The second-order valence-corrected chi connectivity index (χ2v) is 6.75. The monoisotopic (exact) mass is 312 g/mol. The quantitative estimate of drug-likeness (QED) is 0.759. The summed E-state index contributed by atoms with van der Waals surface area (Å²) in [6.07, 6.45) is 6.15. The maximum atomic E-state index is 10.9. The maximum absolute atomic E-state index is 10.9. The van der Waals surface area contributed by atoms with Crippen LogP contribution in [-0.4, -0.2) is 10.7 Å². The molecule has 0 bridgehead atoms. The standard InChI is InChI=1S/C20H24OS/c21-20(12-6-1-7-13-20)14-16-8-2-4-10-18(16)19-11-5-3-9-17(19)15-22/h2-5,8-11,21-22H,1,6-7,12-15H2. The van der Waals surface area contributed by atoms with Crippen molar-refractivity contribution in [3.05, 3.63) is 59.7 Å². The predicted octanol–water partition coefficient (Wildman–Crippen LogP) is 5.02. The average Bonchev–Trinajstić information content (AvgIpc) is 2.56. The first-order chi connectivity index (χ1) is 10.7. The molecule has 0 atom stereocenters. The molecule has 0 heterocycles. The van der Waals surface area contributed by atoms with Gasteiger partial charge in [0, 0.05) is 12.2 Å². The molecule has 1 nitrogen and oxygen atoms in total. The maximum Gasteiger partial charge on any atom is 0.0688 e. The van der Waals surface area contributed by atoms with E-state index < -0.39 is 5.60 Å². The first-order valence-electron chi connectivity index (χ1n) is 8.21. The zero-order valence-corrected chi connectivity index (χ0v) is 13.9. The molecule has 0 spiro atoms. The van der Waals surface area contributed by atoms with Crippen molar-refractivity contribution in [2.45, 2.75) is 49.9 Å². The van der Waals surface area contributed by atoms with Gasteiger partial charge < -0.3 is 5.11 Å². The smallest absolute Gasteiger partial charge is 0.0688 e. The SMILES string of the molecule is OC1(Cc2ccccc2-c2ccccc2CS)CCCCC1. The van der Waals surface area contributed by atoms with E-state index in [0.29, 0.717) is 0 Å². The van der Waals surface area contributed by atoms with Crippen LogP contribution >= 0.6 is 12.6 Å². The lowest BCUT2D eigenvalue weighted by Gasteiger charge is -2.33. The van der Waals surface area contributed by atoms with Crippen molar-refractivity contribution < 1.29 is 5.11 Å². The van der Waals surface area contributed by atoms with Crippen LogP contribution in [0, 0.1) is 0 Å². The Kier molecular flexibility index (Phi) is 4.90. The highest BCUT2D eigenvalue weighted by molar-refractivity contribution is 7.79. The van der Waals surface area contributed by atoms with Crippen molar-refractivity contribution in [3.63, 3.8) is 0 Å². The van der Waals surface area contributed by atoms with Gasteiger partial charge in [-0.05, 0) is 35.1 Å². The third kappa shape index (κ3) is 3.39. The molecular weight excluding hydrogens is 288 g/mol. The molecule has 1 aliphatic rings. The van der Waals surface area contributed by atoms with E-state index in [1.807, 2.05) is 0 Å². The fourth-order valence-corrected chi connectivity index (χ4v) is 3.88. The molecule has 22 heavy (non-hydrogen) atoms. The third-order valence-corrected chi connectivity index (χ3v) is 5.14. The molecule has 1 N–H and O–H groups in total. The van der Waals surface area contributed by atoms with E-state index in [9.17, 15) is 5.11 Å². The highest BCUT2D eigenvalue weighted by atomic mass is 32.1. The van der Waals surface area contributed by atoms with Crippen molar-refractivity contribution in [1.82, 2.24) is 0 Å². The van der Waals surface area contributed by atoms with Crippen molar-refractivity contribution in [2.75, 3.05) is 0 Å². The molecule has 0 aromatic heterocycles. The van der Waals surface area contributed by atoms with Gasteiger partial charge in [0.1, 0.15) is 0 Å². The molecular formula is C20H24OS. The number of hydrogen-bond donors (Lipinski definition) is 2. The molecule has 1 aliphatic carbocycles. The molecule has 0 saturated heterocycles. The van der Waals surface area contributed by atoms with Crippen molar-refractivity contribution >= 4 is 12.6 Å². The normalized spacial score (nSPS) is 17.4. The van der Waals surface area contributed by atoms with E-state index in [2.05, 4.69) is 61.2 Å². The summed E-state index contributed by atoms with van der Waals surface area (Å²) in [5.74, 6) is 0.731. The molecule has 2 aromatic rings. The van der Waals surface area contributed by atoms with Gasteiger partial charge in [0.2, 0.25) is 0 Å². The summed E-state index contributed by atoms with van der Waals surface area (Å²) >= 11 is 4.46. The van der Waals surface area contributed by atoms with E-state index in [0.717, 1.165) is 37.9 Å². The number of thiol groups is 1. The van der Waals surface area contributed by atoms with Gasteiger partial charge in [0.15, 0.2) is 0 Å². The van der Waals surface area contributed by atoms with Gasteiger partial charge in [-0.3, -0.25) is 0 Å². The van der Waals surface area contributed by atoms with Gasteiger partial charge in [0.25, 0.3) is 0 Å². The molecule has 0 unspecified atom stereocenters. The Labute approximate surface area is 138 Å². The lowest BCUT2D eigenvalue weighted by molar-refractivity contribution is 0.00459. The molecule has 2 aromatic carbocycles. The molecule has 0 radical (unpaired) electrons. The van der Waals surface area contributed by atoms with Crippen LogP contribution in [0.25, 0.3) is 11.1 Å². The Morgan fingerprint density at radius 3 is 2.00 bits per heavy atom. The van der Waals surface area contributed by atoms with Gasteiger partial charge in [0.05, 0.1) is 5.60 Å². The van der Waals surface area contributed by atoms with Crippen LogP contribution in [0.2, 0.25) is 0 Å². The van der Waals surface area contributed by atoms with Gasteiger partial charge >= 0.3 is 0 Å². The zero-order valence-electron chi connectivity index (χ0n) is 13.0. The summed E-state index contributed by atoms with van der Waals surface area (Å²) in [5, 5.41) is 10.9. The summed E-state index contributed by atoms with van der Waals surface area (Å²) in [5.41, 5.74) is 4.46. The van der Waals surface area contributed by atoms with Crippen molar-refractivity contribution in [1.29, 1.82) is 0 Å². The lowest BCUT2D eigenvalue weighted by Crippen LogP contribution is -2.33. The first kappa shape index (κ1) is 15.6. The minimum absolute atomic E-state index is 0.524. The average molecular weight is 312 g/mol. The Hall–Kier alpha value is -1.25. The van der Waals surface area contributed by atoms with Gasteiger partial charge in [-0.1, -0.05) is 67.8 Å². The molecule has 0 aliphatic heterocycles. The Bertz CT molecular complexity index is 629.